The minimum atomic E-state index is -0.500. The van der Waals surface area contributed by atoms with Gasteiger partial charge in [0.2, 0.25) is 0 Å². The van der Waals surface area contributed by atoms with Gasteiger partial charge < -0.3 is 14.7 Å². The standard InChI is InChI=1S/C23H31NO2/c1-18(2)26-21-13-11-20(12-14-21)23(25)22(19-9-5-3-6-10-19)17-24-15-7-4-8-16-24/h3,5-6,9-14,18,22-23,25H,4,7-8,15-17H2,1-2H3/p+1/t22-,23-/m1/s1. The summed E-state index contributed by atoms with van der Waals surface area (Å²) in [4.78, 5) is 1.61. The van der Waals surface area contributed by atoms with Gasteiger partial charge in [-0.1, -0.05) is 42.5 Å². The number of rotatable bonds is 7. The third-order valence-electron chi connectivity index (χ3n) is 5.27. The fourth-order valence-corrected chi connectivity index (χ4v) is 3.93. The normalized spacial score (nSPS) is 17.8. The van der Waals surface area contributed by atoms with E-state index in [0.717, 1.165) is 17.9 Å². The van der Waals surface area contributed by atoms with Crippen molar-refractivity contribution in [2.75, 3.05) is 19.6 Å². The second kappa shape index (κ2) is 9.20. The number of likely N-dealkylation sites (tertiary alicyclic amines) is 1. The molecule has 2 atom stereocenters. The molecule has 0 unspecified atom stereocenters. The zero-order chi connectivity index (χ0) is 18.4. The lowest BCUT2D eigenvalue weighted by Gasteiger charge is -2.30. The van der Waals surface area contributed by atoms with E-state index in [-0.39, 0.29) is 12.0 Å². The number of nitrogens with one attached hydrogen (secondary N) is 1. The molecule has 3 rings (SSSR count). The van der Waals surface area contributed by atoms with Crippen LogP contribution in [0.4, 0.5) is 0 Å². The highest BCUT2D eigenvalue weighted by molar-refractivity contribution is 5.31. The highest BCUT2D eigenvalue weighted by Crippen LogP contribution is 2.31. The zero-order valence-electron chi connectivity index (χ0n) is 16.0. The van der Waals surface area contributed by atoms with Crippen LogP contribution in [0.2, 0.25) is 0 Å². The monoisotopic (exact) mass is 354 g/mol. The van der Waals surface area contributed by atoms with Crippen LogP contribution in [0.25, 0.3) is 0 Å². The van der Waals surface area contributed by atoms with Crippen LogP contribution in [0.5, 0.6) is 5.75 Å². The Morgan fingerprint density at radius 3 is 2.15 bits per heavy atom. The molecule has 2 N–H and O–H groups in total. The molecule has 0 spiro atoms. The van der Waals surface area contributed by atoms with Gasteiger partial charge in [-0.25, -0.2) is 0 Å². The molecule has 1 saturated heterocycles. The van der Waals surface area contributed by atoms with Crippen molar-refractivity contribution in [2.45, 2.75) is 51.2 Å². The van der Waals surface area contributed by atoms with Crippen molar-refractivity contribution in [3.63, 3.8) is 0 Å². The molecular weight excluding hydrogens is 322 g/mol. The summed E-state index contributed by atoms with van der Waals surface area (Å²) in [6, 6.07) is 18.4. The highest BCUT2D eigenvalue weighted by Gasteiger charge is 2.28. The highest BCUT2D eigenvalue weighted by atomic mass is 16.5. The maximum absolute atomic E-state index is 11.2. The number of aliphatic hydroxyl groups excluding tert-OH is 1. The predicted molar refractivity (Wildman–Crippen MR) is 106 cm³/mol. The molecule has 0 aromatic heterocycles. The average molecular weight is 355 g/mol. The summed E-state index contributed by atoms with van der Waals surface area (Å²) in [5, 5.41) is 11.2. The van der Waals surface area contributed by atoms with Gasteiger partial charge in [-0.15, -0.1) is 0 Å². The Morgan fingerprint density at radius 1 is 0.885 bits per heavy atom. The lowest BCUT2D eigenvalue weighted by molar-refractivity contribution is -0.906. The van der Waals surface area contributed by atoms with Gasteiger partial charge in [0.05, 0.1) is 37.8 Å². The van der Waals surface area contributed by atoms with E-state index >= 15 is 0 Å². The van der Waals surface area contributed by atoms with Crippen LogP contribution in [0, 0.1) is 0 Å². The summed E-state index contributed by atoms with van der Waals surface area (Å²) >= 11 is 0. The van der Waals surface area contributed by atoms with E-state index in [9.17, 15) is 5.11 Å². The fraction of sp³-hybridized carbons (Fsp3) is 0.478. The predicted octanol–water partition coefficient (Wildman–Crippen LogP) is 3.36. The molecule has 0 radical (unpaired) electrons. The number of quaternary nitrogens is 1. The Kier molecular flexibility index (Phi) is 6.70. The van der Waals surface area contributed by atoms with Crippen LogP contribution in [-0.4, -0.2) is 30.8 Å². The first-order chi connectivity index (χ1) is 12.6. The van der Waals surface area contributed by atoms with E-state index in [1.165, 1.54) is 37.9 Å². The van der Waals surface area contributed by atoms with Crippen molar-refractivity contribution in [3.8, 4) is 5.75 Å². The largest absolute Gasteiger partial charge is 0.491 e. The molecule has 3 nitrogen and oxygen atoms in total. The smallest absolute Gasteiger partial charge is 0.119 e. The van der Waals surface area contributed by atoms with Crippen molar-refractivity contribution in [1.82, 2.24) is 0 Å². The number of piperidine rings is 1. The van der Waals surface area contributed by atoms with Gasteiger partial charge in [-0.05, 0) is 56.4 Å². The molecule has 0 bridgehead atoms. The molecule has 1 aliphatic heterocycles. The number of hydrogen-bond donors (Lipinski definition) is 2. The van der Waals surface area contributed by atoms with Crippen molar-refractivity contribution >= 4 is 0 Å². The maximum atomic E-state index is 11.2. The van der Waals surface area contributed by atoms with E-state index < -0.39 is 6.10 Å². The van der Waals surface area contributed by atoms with Crippen molar-refractivity contribution in [2.24, 2.45) is 0 Å². The Labute approximate surface area is 157 Å². The number of ether oxygens (including phenoxy) is 1. The molecule has 3 heteroatoms. The molecular formula is C23H32NO2+. The Morgan fingerprint density at radius 2 is 1.54 bits per heavy atom. The van der Waals surface area contributed by atoms with Crippen LogP contribution < -0.4 is 9.64 Å². The molecule has 2 aromatic carbocycles. The van der Waals surface area contributed by atoms with Gasteiger partial charge >= 0.3 is 0 Å². The maximum Gasteiger partial charge on any atom is 0.119 e. The summed E-state index contributed by atoms with van der Waals surface area (Å²) < 4.78 is 5.73. The molecule has 1 fully saturated rings. The third-order valence-corrected chi connectivity index (χ3v) is 5.27. The van der Waals surface area contributed by atoms with Crippen LogP contribution in [0.1, 0.15) is 56.3 Å². The second-order valence-electron chi connectivity index (χ2n) is 7.71. The van der Waals surface area contributed by atoms with Crippen LogP contribution in [0.3, 0.4) is 0 Å². The van der Waals surface area contributed by atoms with E-state index in [1.54, 1.807) is 4.90 Å². The number of hydrogen-bond acceptors (Lipinski definition) is 2. The van der Waals surface area contributed by atoms with Crippen molar-refractivity contribution in [3.05, 3.63) is 65.7 Å². The van der Waals surface area contributed by atoms with Crippen molar-refractivity contribution < 1.29 is 14.7 Å². The van der Waals surface area contributed by atoms with Gasteiger partial charge in [0.1, 0.15) is 5.75 Å². The second-order valence-corrected chi connectivity index (χ2v) is 7.71. The molecule has 1 heterocycles. The molecule has 140 valence electrons. The quantitative estimate of drug-likeness (QED) is 0.799. The fourth-order valence-electron chi connectivity index (χ4n) is 3.93. The average Bonchev–Trinajstić information content (AvgIpc) is 2.67. The summed E-state index contributed by atoms with van der Waals surface area (Å²) in [7, 11) is 0. The molecule has 1 aliphatic rings. The van der Waals surface area contributed by atoms with Gasteiger partial charge in [0.25, 0.3) is 0 Å². The van der Waals surface area contributed by atoms with E-state index in [0.29, 0.717) is 0 Å². The summed E-state index contributed by atoms with van der Waals surface area (Å²) in [6.07, 6.45) is 3.60. The van der Waals surface area contributed by atoms with Crippen LogP contribution >= 0.6 is 0 Å². The van der Waals surface area contributed by atoms with Crippen LogP contribution in [0.15, 0.2) is 54.6 Å². The topological polar surface area (TPSA) is 33.9 Å². The lowest BCUT2D eigenvalue weighted by atomic mass is 9.88. The Balaban J connectivity index is 1.78. The van der Waals surface area contributed by atoms with Gasteiger partial charge in [-0.3, -0.25) is 0 Å². The molecule has 0 aliphatic carbocycles. The number of aliphatic hydroxyl groups is 1. The molecule has 2 aromatic rings. The number of benzene rings is 2. The lowest BCUT2D eigenvalue weighted by Crippen LogP contribution is -3.13. The van der Waals surface area contributed by atoms with Crippen molar-refractivity contribution in [1.29, 1.82) is 0 Å². The van der Waals surface area contributed by atoms with E-state index in [4.69, 9.17) is 4.74 Å². The van der Waals surface area contributed by atoms with Crippen LogP contribution in [-0.2, 0) is 0 Å². The summed E-state index contributed by atoms with van der Waals surface area (Å²) in [6.45, 7) is 7.47. The van der Waals surface area contributed by atoms with Gasteiger partial charge in [0.15, 0.2) is 0 Å². The summed E-state index contributed by atoms with van der Waals surface area (Å²) in [5.41, 5.74) is 2.19. The van der Waals surface area contributed by atoms with E-state index in [2.05, 4.69) is 24.3 Å². The first-order valence-electron chi connectivity index (χ1n) is 9.96. The Hall–Kier alpha value is -1.84. The zero-order valence-corrected chi connectivity index (χ0v) is 16.0. The van der Waals surface area contributed by atoms with E-state index in [1.807, 2.05) is 44.2 Å². The first kappa shape index (κ1) is 18.9. The summed E-state index contributed by atoms with van der Waals surface area (Å²) in [5.74, 6) is 0.968. The molecule has 0 saturated carbocycles. The first-order valence-corrected chi connectivity index (χ1v) is 9.96. The van der Waals surface area contributed by atoms with Gasteiger partial charge in [0, 0.05) is 0 Å². The Bertz CT molecular complexity index is 648. The molecule has 0 amide bonds. The SMILES string of the molecule is CC(C)Oc1ccc([C@@H](O)[C@H](C[NH+]2CCCCC2)c2ccccc2)cc1. The van der Waals surface area contributed by atoms with Gasteiger partial charge in [-0.2, -0.15) is 0 Å². The minimum Gasteiger partial charge on any atom is -0.491 e. The minimum absolute atomic E-state index is 0.112. The molecule has 26 heavy (non-hydrogen) atoms. The third kappa shape index (κ3) is 5.09.